The predicted molar refractivity (Wildman–Crippen MR) is 25.1 cm³/mol. The molecule has 0 aliphatic rings. The summed E-state index contributed by atoms with van der Waals surface area (Å²) in [4.78, 5) is 0. The van der Waals surface area contributed by atoms with Crippen molar-refractivity contribution in [1.82, 2.24) is 0 Å². The molecule has 0 heterocycles. The standard InChI is InChI=1S/C3H6O5S.2Li/c4-1-3(2-5)9(6,7)8;;/h3H,1-2H2,(H,6,7,8);;/q-2;2*+1. The van der Waals surface area contributed by atoms with Crippen LogP contribution >= 0.6 is 0 Å². The van der Waals surface area contributed by atoms with Crippen molar-refractivity contribution in [2.75, 3.05) is 13.2 Å². The molecule has 8 heteroatoms. The Morgan fingerprint density at radius 2 is 1.45 bits per heavy atom. The predicted octanol–water partition coefficient (Wildman–Crippen LogP) is -9.03. The van der Waals surface area contributed by atoms with Crippen LogP contribution in [-0.2, 0) is 10.1 Å². The van der Waals surface area contributed by atoms with Gasteiger partial charge in [-0.15, -0.1) is 13.2 Å². The first-order chi connectivity index (χ1) is 4.02. The van der Waals surface area contributed by atoms with Crippen LogP contribution in [0.4, 0.5) is 0 Å². The molecular formula is C3H6Li2O5S. The molecule has 1 N–H and O–H groups in total. The first-order valence-corrected chi connectivity index (χ1v) is 3.65. The second-order valence-corrected chi connectivity index (χ2v) is 3.17. The average Bonchev–Trinajstić information content (AvgIpc) is 1.65. The van der Waals surface area contributed by atoms with Crippen LogP contribution in [0.15, 0.2) is 0 Å². The Labute approximate surface area is 89.3 Å². The molecule has 0 bridgehead atoms. The van der Waals surface area contributed by atoms with E-state index < -0.39 is 28.6 Å². The third-order valence-corrected chi connectivity index (χ3v) is 1.91. The normalized spacial score (nSPS) is 10.2. The summed E-state index contributed by atoms with van der Waals surface area (Å²) in [5.74, 6) is 0. The van der Waals surface area contributed by atoms with Gasteiger partial charge in [-0.3, -0.25) is 4.55 Å². The van der Waals surface area contributed by atoms with E-state index in [2.05, 4.69) is 0 Å². The van der Waals surface area contributed by atoms with Crippen molar-refractivity contribution in [2.24, 2.45) is 0 Å². The molecule has 11 heavy (non-hydrogen) atoms. The molecular weight excluding hydrogens is 162 g/mol. The van der Waals surface area contributed by atoms with Gasteiger partial charge in [-0.25, -0.2) is 0 Å². The number of hydrogen-bond acceptors (Lipinski definition) is 4. The van der Waals surface area contributed by atoms with Crippen LogP contribution in [0.3, 0.4) is 0 Å². The molecule has 56 valence electrons. The maximum atomic E-state index is 9.95. The van der Waals surface area contributed by atoms with E-state index in [1.165, 1.54) is 0 Å². The molecule has 0 saturated heterocycles. The van der Waals surface area contributed by atoms with Gasteiger partial charge < -0.3 is 10.2 Å². The summed E-state index contributed by atoms with van der Waals surface area (Å²) >= 11 is 0. The first kappa shape index (κ1) is 17.9. The molecule has 0 saturated carbocycles. The summed E-state index contributed by atoms with van der Waals surface area (Å²) in [5.41, 5.74) is 0. The third kappa shape index (κ3) is 7.39. The number of hydrogen-bond donors (Lipinski definition) is 1. The van der Waals surface area contributed by atoms with Crippen LogP contribution in [0.1, 0.15) is 0 Å². The average molecular weight is 168 g/mol. The molecule has 0 rings (SSSR count). The Bertz CT molecular complexity index is 163. The van der Waals surface area contributed by atoms with Crippen molar-refractivity contribution in [3.05, 3.63) is 0 Å². The summed E-state index contributed by atoms with van der Waals surface area (Å²) < 4.78 is 27.9. The Balaban J connectivity index is -0.000000320. The Morgan fingerprint density at radius 1 is 1.18 bits per heavy atom. The molecule has 5 nitrogen and oxygen atoms in total. The molecule has 0 aromatic rings. The molecule has 0 fully saturated rings. The maximum absolute atomic E-state index is 9.95. The van der Waals surface area contributed by atoms with Crippen LogP contribution in [0.25, 0.3) is 0 Å². The van der Waals surface area contributed by atoms with Gasteiger partial charge in [-0.1, -0.05) is 0 Å². The SMILES string of the molecule is O=S(=O)(O)C(C[O-])C[O-].[Li+].[Li+]. The van der Waals surface area contributed by atoms with Gasteiger partial charge in [-0.2, -0.15) is 8.42 Å². The van der Waals surface area contributed by atoms with Crippen molar-refractivity contribution in [1.29, 1.82) is 0 Å². The minimum absolute atomic E-state index is 0. The second-order valence-electron chi connectivity index (χ2n) is 1.47. The van der Waals surface area contributed by atoms with Gasteiger partial charge in [0.15, 0.2) is 0 Å². The van der Waals surface area contributed by atoms with Crippen LogP contribution in [-0.4, -0.2) is 31.4 Å². The van der Waals surface area contributed by atoms with E-state index in [0.29, 0.717) is 0 Å². The monoisotopic (exact) mass is 168 g/mol. The van der Waals surface area contributed by atoms with Gasteiger partial charge in [0, 0.05) is 0 Å². The zero-order valence-corrected chi connectivity index (χ0v) is 7.30. The molecule has 0 aromatic heterocycles. The molecule has 0 aromatic carbocycles. The largest absolute Gasteiger partial charge is 1.00 e. The molecule has 0 atom stereocenters. The van der Waals surface area contributed by atoms with E-state index in [0.717, 1.165) is 0 Å². The Kier molecular flexibility index (Phi) is 12.5. The van der Waals surface area contributed by atoms with E-state index in [1.54, 1.807) is 0 Å². The summed E-state index contributed by atoms with van der Waals surface area (Å²) in [6.45, 7) is -2.16. The van der Waals surface area contributed by atoms with E-state index in [9.17, 15) is 18.6 Å². The van der Waals surface area contributed by atoms with Crippen LogP contribution in [0.2, 0.25) is 0 Å². The minimum atomic E-state index is -4.39. The molecule has 0 radical (unpaired) electrons. The molecule has 0 aliphatic carbocycles. The zero-order valence-electron chi connectivity index (χ0n) is 6.48. The zero-order chi connectivity index (χ0) is 7.49. The smallest absolute Gasteiger partial charge is 0.854 e. The second kappa shape index (κ2) is 7.66. The minimum Gasteiger partial charge on any atom is -0.854 e. The van der Waals surface area contributed by atoms with E-state index in [-0.39, 0.29) is 37.7 Å². The van der Waals surface area contributed by atoms with E-state index in [1.807, 2.05) is 0 Å². The van der Waals surface area contributed by atoms with Crippen molar-refractivity contribution in [3.63, 3.8) is 0 Å². The Hall–Kier alpha value is 1.02. The summed E-state index contributed by atoms with van der Waals surface area (Å²) in [6, 6.07) is 0. The topological polar surface area (TPSA) is 100 Å². The van der Waals surface area contributed by atoms with E-state index >= 15 is 0 Å². The van der Waals surface area contributed by atoms with Gasteiger partial charge in [0.2, 0.25) is 0 Å². The van der Waals surface area contributed by atoms with Crippen molar-refractivity contribution in [3.8, 4) is 0 Å². The van der Waals surface area contributed by atoms with Crippen molar-refractivity contribution < 1.29 is 60.9 Å². The molecule has 0 spiro atoms. The van der Waals surface area contributed by atoms with Crippen LogP contribution < -0.4 is 47.9 Å². The summed E-state index contributed by atoms with van der Waals surface area (Å²) in [7, 11) is -4.39. The molecule has 0 amide bonds. The van der Waals surface area contributed by atoms with Gasteiger partial charge >= 0.3 is 37.7 Å². The van der Waals surface area contributed by atoms with Crippen LogP contribution in [0.5, 0.6) is 0 Å². The fraction of sp³-hybridized carbons (Fsp3) is 1.00. The Morgan fingerprint density at radius 3 is 1.45 bits per heavy atom. The van der Waals surface area contributed by atoms with E-state index in [4.69, 9.17) is 4.55 Å². The van der Waals surface area contributed by atoms with Gasteiger partial charge in [0.05, 0.1) is 5.25 Å². The maximum Gasteiger partial charge on any atom is 1.00 e. The number of rotatable bonds is 3. The van der Waals surface area contributed by atoms with Gasteiger partial charge in [-0.05, 0) is 0 Å². The molecule has 0 aliphatic heterocycles. The molecule has 0 unspecified atom stereocenters. The first-order valence-electron chi connectivity index (χ1n) is 2.15. The third-order valence-electron chi connectivity index (χ3n) is 0.793. The summed E-state index contributed by atoms with van der Waals surface area (Å²) in [5, 5.41) is 17.9. The fourth-order valence-corrected chi connectivity index (χ4v) is 0.564. The van der Waals surface area contributed by atoms with Crippen molar-refractivity contribution in [2.45, 2.75) is 5.25 Å². The van der Waals surface area contributed by atoms with Crippen LogP contribution in [0, 0.1) is 0 Å². The quantitative estimate of drug-likeness (QED) is 0.333. The summed E-state index contributed by atoms with van der Waals surface area (Å²) in [6.07, 6.45) is 0. The van der Waals surface area contributed by atoms with Gasteiger partial charge in [0.1, 0.15) is 0 Å². The van der Waals surface area contributed by atoms with Crippen molar-refractivity contribution >= 4 is 10.1 Å². The fourth-order valence-electron chi connectivity index (χ4n) is 0.220. The van der Waals surface area contributed by atoms with Gasteiger partial charge in [0.25, 0.3) is 10.1 Å².